The number of sulfonamides is 1. The molecular formula is C11H11F3N4O2S. The minimum Gasteiger partial charge on any atom is -0.326 e. The number of alkyl halides is 3. The molecule has 0 saturated heterocycles. The molecule has 0 radical (unpaired) electrons. The van der Waals surface area contributed by atoms with Crippen molar-refractivity contribution in [1.82, 2.24) is 10.2 Å². The molecule has 114 valence electrons. The normalized spacial score (nSPS) is 12.4. The van der Waals surface area contributed by atoms with Crippen LogP contribution in [0.3, 0.4) is 0 Å². The Hall–Kier alpha value is -2.07. The monoisotopic (exact) mass is 320 g/mol. The SMILES string of the molecule is NCc1cc(C(F)(F)F)ccc1NS(=O)(=O)c1cn[nH]c1. The van der Waals surface area contributed by atoms with Crippen LogP contribution < -0.4 is 10.5 Å². The molecule has 0 aliphatic carbocycles. The fourth-order valence-corrected chi connectivity index (χ4v) is 2.63. The van der Waals surface area contributed by atoms with Crippen LogP contribution in [-0.2, 0) is 22.7 Å². The topological polar surface area (TPSA) is 101 Å². The molecule has 0 amide bonds. The van der Waals surface area contributed by atoms with E-state index < -0.39 is 21.8 Å². The second-order valence-electron chi connectivity index (χ2n) is 4.11. The van der Waals surface area contributed by atoms with Gasteiger partial charge in [0, 0.05) is 12.7 Å². The van der Waals surface area contributed by atoms with Gasteiger partial charge in [0.15, 0.2) is 0 Å². The summed E-state index contributed by atoms with van der Waals surface area (Å²) in [6, 6.07) is 2.63. The van der Waals surface area contributed by atoms with Crippen molar-refractivity contribution in [3.8, 4) is 0 Å². The number of H-pyrrole nitrogens is 1. The van der Waals surface area contributed by atoms with Crippen LogP contribution >= 0.6 is 0 Å². The van der Waals surface area contributed by atoms with Crippen molar-refractivity contribution in [2.75, 3.05) is 4.72 Å². The van der Waals surface area contributed by atoms with Crippen LogP contribution in [0.25, 0.3) is 0 Å². The number of nitrogens with one attached hydrogen (secondary N) is 2. The first-order valence-corrected chi connectivity index (χ1v) is 7.14. The molecule has 0 spiro atoms. The largest absolute Gasteiger partial charge is 0.416 e. The van der Waals surface area contributed by atoms with Crippen molar-refractivity contribution in [2.45, 2.75) is 17.6 Å². The van der Waals surface area contributed by atoms with E-state index in [-0.39, 0.29) is 22.7 Å². The van der Waals surface area contributed by atoms with Gasteiger partial charge >= 0.3 is 6.18 Å². The Morgan fingerprint density at radius 1 is 1.33 bits per heavy atom. The fraction of sp³-hybridized carbons (Fsp3) is 0.182. The van der Waals surface area contributed by atoms with Gasteiger partial charge in [-0.05, 0) is 23.8 Å². The summed E-state index contributed by atoms with van der Waals surface area (Å²) in [5.41, 5.74) is 4.52. The number of rotatable bonds is 4. The summed E-state index contributed by atoms with van der Waals surface area (Å²) in [4.78, 5) is -0.134. The van der Waals surface area contributed by atoms with Gasteiger partial charge in [-0.3, -0.25) is 9.82 Å². The lowest BCUT2D eigenvalue weighted by molar-refractivity contribution is -0.137. The first-order chi connectivity index (χ1) is 9.74. The number of hydrogen-bond acceptors (Lipinski definition) is 4. The maximum Gasteiger partial charge on any atom is 0.416 e. The van der Waals surface area contributed by atoms with Gasteiger partial charge in [0.1, 0.15) is 4.90 Å². The third-order valence-electron chi connectivity index (χ3n) is 2.68. The van der Waals surface area contributed by atoms with E-state index in [1.165, 1.54) is 0 Å². The number of hydrogen-bond donors (Lipinski definition) is 3. The zero-order chi connectivity index (χ0) is 15.7. The van der Waals surface area contributed by atoms with E-state index in [0.29, 0.717) is 0 Å². The second-order valence-corrected chi connectivity index (χ2v) is 5.80. The van der Waals surface area contributed by atoms with E-state index in [1.54, 1.807) is 0 Å². The van der Waals surface area contributed by atoms with Crippen molar-refractivity contribution in [2.24, 2.45) is 5.73 Å². The maximum absolute atomic E-state index is 12.6. The zero-order valence-corrected chi connectivity index (χ0v) is 11.3. The Labute approximate surface area is 118 Å². The van der Waals surface area contributed by atoms with Gasteiger partial charge in [0.05, 0.1) is 17.4 Å². The van der Waals surface area contributed by atoms with Crippen molar-refractivity contribution >= 4 is 15.7 Å². The molecule has 0 fully saturated rings. The van der Waals surface area contributed by atoms with Crippen molar-refractivity contribution < 1.29 is 21.6 Å². The molecule has 1 heterocycles. The number of anilines is 1. The quantitative estimate of drug-likeness (QED) is 0.798. The summed E-state index contributed by atoms with van der Waals surface area (Å²) >= 11 is 0. The van der Waals surface area contributed by atoms with Gasteiger partial charge in [0.2, 0.25) is 0 Å². The van der Waals surface area contributed by atoms with Crippen LogP contribution in [-0.4, -0.2) is 18.6 Å². The van der Waals surface area contributed by atoms with Gasteiger partial charge in [-0.25, -0.2) is 8.42 Å². The lowest BCUT2D eigenvalue weighted by Gasteiger charge is -2.13. The molecule has 0 bridgehead atoms. The molecule has 0 aliphatic rings. The summed E-state index contributed by atoms with van der Waals surface area (Å²) in [5, 5.41) is 5.84. The number of aromatic amines is 1. The summed E-state index contributed by atoms with van der Waals surface area (Å²) in [6.45, 7) is -0.243. The summed E-state index contributed by atoms with van der Waals surface area (Å²) < 4.78 is 64.0. The predicted molar refractivity (Wildman–Crippen MR) is 68.7 cm³/mol. The molecule has 0 unspecified atom stereocenters. The number of aromatic nitrogens is 2. The van der Waals surface area contributed by atoms with Crippen LogP contribution in [0.1, 0.15) is 11.1 Å². The molecule has 21 heavy (non-hydrogen) atoms. The van der Waals surface area contributed by atoms with E-state index in [2.05, 4.69) is 14.9 Å². The Bertz CT molecular complexity index is 726. The van der Waals surface area contributed by atoms with Crippen LogP contribution in [0, 0.1) is 0 Å². The Balaban J connectivity index is 2.37. The molecule has 1 aromatic carbocycles. The van der Waals surface area contributed by atoms with Crippen LogP contribution in [0.5, 0.6) is 0 Å². The van der Waals surface area contributed by atoms with E-state index >= 15 is 0 Å². The van der Waals surface area contributed by atoms with Crippen LogP contribution in [0.4, 0.5) is 18.9 Å². The molecular weight excluding hydrogens is 309 g/mol. The fourth-order valence-electron chi connectivity index (χ4n) is 1.63. The van der Waals surface area contributed by atoms with E-state index in [4.69, 9.17) is 5.73 Å². The highest BCUT2D eigenvalue weighted by atomic mass is 32.2. The molecule has 0 saturated carbocycles. The molecule has 6 nitrogen and oxygen atoms in total. The lowest BCUT2D eigenvalue weighted by atomic mass is 10.1. The van der Waals surface area contributed by atoms with Crippen molar-refractivity contribution in [3.63, 3.8) is 0 Å². The molecule has 2 rings (SSSR count). The first-order valence-electron chi connectivity index (χ1n) is 5.66. The predicted octanol–water partition coefficient (Wildman–Crippen LogP) is 1.69. The standard InChI is InChI=1S/C11H11F3N4O2S/c12-11(13,14)8-1-2-10(7(3-8)4-15)18-21(19,20)9-5-16-17-6-9/h1-3,5-6,18H,4,15H2,(H,16,17). The highest BCUT2D eigenvalue weighted by Gasteiger charge is 2.31. The minimum atomic E-state index is -4.52. The first kappa shape index (κ1) is 15.3. The van der Waals surface area contributed by atoms with Crippen LogP contribution in [0.2, 0.25) is 0 Å². The molecule has 2 aromatic rings. The van der Waals surface area contributed by atoms with Gasteiger partial charge < -0.3 is 5.73 Å². The summed E-state index contributed by atoms with van der Waals surface area (Å²) in [6.07, 6.45) is -2.30. The summed E-state index contributed by atoms with van der Waals surface area (Å²) in [5.74, 6) is 0. The number of halogens is 3. The number of nitrogens with zero attached hydrogens (tertiary/aromatic N) is 1. The zero-order valence-electron chi connectivity index (χ0n) is 10.5. The average Bonchev–Trinajstić information content (AvgIpc) is 2.92. The highest BCUT2D eigenvalue weighted by Crippen LogP contribution is 2.32. The van der Waals surface area contributed by atoms with Gasteiger partial charge in [-0.15, -0.1) is 0 Å². The third kappa shape index (κ3) is 3.34. The van der Waals surface area contributed by atoms with E-state index in [0.717, 1.165) is 30.6 Å². The number of benzene rings is 1. The Morgan fingerprint density at radius 2 is 2.05 bits per heavy atom. The molecule has 0 aliphatic heterocycles. The summed E-state index contributed by atoms with van der Waals surface area (Å²) in [7, 11) is -3.93. The molecule has 1 aromatic heterocycles. The lowest BCUT2D eigenvalue weighted by Crippen LogP contribution is -2.16. The average molecular weight is 320 g/mol. The van der Waals surface area contributed by atoms with E-state index in [1.807, 2.05) is 0 Å². The van der Waals surface area contributed by atoms with Gasteiger partial charge in [-0.1, -0.05) is 0 Å². The molecule has 4 N–H and O–H groups in total. The molecule has 10 heteroatoms. The molecule has 0 atom stereocenters. The highest BCUT2D eigenvalue weighted by molar-refractivity contribution is 7.92. The Morgan fingerprint density at radius 3 is 2.57 bits per heavy atom. The second kappa shape index (κ2) is 5.37. The Kier molecular flexibility index (Phi) is 3.92. The third-order valence-corrected chi connectivity index (χ3v) is 4.01. The van der Waals surface area contributed by atoms with Crippen molar-refractivity contribution in [1.29, 1.82) is 0 Å². The smallest absolute Gasteiger partial charge is 0.326 e. The number of nitrogens with two attached hydrogens (primary N) is 1. The van der Waals surface area contributed by atoms with Gasteiger partial charge in [0.25, 0.3) is 10.0 Å². The van der Waals surface area contributed by atoms with Crippen LogP contribution in [0.15, 0.2) is 35.5 Å². The maximum atomic E-state index is 12.6. The van der Waals surface area contributed by atoms with E-state index in [9.17, 15) is 21.6 Å². The van der Waals surface area contributed by atoms with Crippen molar-refractivity contribution in [3.05, 3.63) is 41.7 Å². The van der Waals surface area contributed by atoms with Gasteiger partial charge in [-0.2, -0.15) is 18.3 Å². The minimum absolute atomic E-state index is 0.00769.